The Kier molecular flexibility index (Phi) is 9.04. The number of nitrogens with zero attached hydrogens (tertiary/aromatic N) is 4. The fraction of sp³-hybridized carbons (Fsp3) is 0.438. The standard InChI is InChI=1S/C32H40N6O2/c1-3-36(4-2)14-12-34-32(39)31-21-26-20-27(9-11-30(26)40-31)38-17-15-37(16-18-38)13-6-5-7-25-23-35-29-10-8-24(22-33)19-28(25)29/h8-11,19-21,23,35H,3-7,12-18H2,1-2H3,(H,34,39). The smallest absolute Gasteiger partial charge is 0.287 e. The number of H-pyrrole nitrogens is 1. The van der Waals surface area contributed by atoms with E-state index in [1.807, 2.05) is 30.3 Å². The number of nitrogens with one attached hydrogen (secondary N) is 2. The number of hydrogen-bond donors (Lipinski definition) is 2. The fourth-order valence-electron chi connectivity index (χ4n) is 5.63. The summed E-state index contributed by atoms with van der Waals surface area (Å²) in [5, 5.41) is 14.3. The van der Waals surface area contributed by atoms with Crippen LogP contribution in [0.2, 0.25) is 0 Å². The largest absolute Gasteiger partial charge is 0.451 e. The molecule has 2 aromatic carbocycles. The van der Waals surface area contributed by atoms with Crippen molar-refractivity contribution in [2.75, 3.05) is 63.8 Å². The number of fused-ring (bicyclic) bond motifs is 2. The number of aromatic amines is 1. The lowest BCUT2D eigenvalue weighted by Crippen LogP contribution is -2.46. The molecule has 1 amide bonds. The third kappa shape index (κ3) is 6.49. The quantitative estimate of drug-likeness (QED) is 0.246. The van der Waals surface area contributed by atoms with Crippen LogP contribution in [0, 0.1) is 11.3 Å². The van der Waals surface area contributed by atoms with Gasteiger partial charge in [-0.2, -0.15) is 5.26 Å². The molecule has 4 aromatic rings. The molecule has 0 aliphatic carbocycles. The Balaban J connectivity index is 1.07. The molecule has 0 bridgehead atoms. The summed E-state index contributed by atoms with van der Waals surface area (Å²) in [7, 11) is 0. The molecule has 0 atom stereocenters. The summed E-state index contributed by atoms with van der Waals surface area (Å²) in [6, 6.07) is 16.2. The van der Waals surface area contributed by atoms with E-state index >= 15 is 0 Å². The number of rotatable bonds is 12. The van der Waals surface area contributed by atoms with E-state index in [0.717, 1.165) is 88.1 Å². The van der Waals surface area contributed by atoms with E-state index in [9.17, 15) is 10.1 Å². The van der Waals surface area contributed by atoms with Gasteiger partial charge in [0.05, 0.1) is 11.6 Å². The first kappa shape index (κ1) is 27.8. The van der Waals surface area contributed by atoms with Gasteiger partial charge in [0.2, 0.25) is 0 Å². The second-order valence-electron chi connectivity index (χ2n) is 10.6. The van der Waals surface area contributed by atoms with Crippen LogP contribution in [0.1, 0.15) is 48.4 Å². The highest BCUT2D eigenvalue weighted by molar-refractivity contribution is 5.96. The lowest BCUT2D eigenvalue weighted by Gasteiger charge is -2.36. The van der Waals surface area contributed by atoms with Gasteiger partial charge in [0.25, 0.3) is 5.91 Å². The van der Waals surface area contributed by atoms with Crippen LogP contribution < -0.4 is 10.2 Å². The van der Waals surface area contributed by atoms with Crippen molar-refractivity contribution in [3.63, 3.8) is 0 Å². The maximum Gasteiger partial charge on any atom is 0.287 e. The van der Waals surface area contributed by atoms with Crippen molar-refractivity contribution in [3.8, 4) is 6.07 Å². The summed E-state index contributed by atoms with van der Waals surface area (Å²) in [5.74, 6) is 0.213. The zero-order chi connectivity index (χ0) is 27.9. The van der Waals surface area contributed by atoms with Crippen molar-refractivity contribution < 1.29 is 9.21 Å². The van der Waals surface area contributed by atoms with Crippen molar-refractivity contribution in [1.29, 1.82) is 5.26 Å². The molecule has 0 radical (unpaired) electrons. The molecule has 1 saturated heterocycles. The molecule has 5 rings (SSSR count). The number of anilines is 1. The Morgan fingerprint density at radius 3 is 2.67 bits per heavy atom. The lowest BCUT2D eigenvalue weighted by atomic mass is 10.1. The topological polar surface area (TPSA) is 91.5 Å². The van der Waals surface area contributed by atoms with E-state index < -0.39 is 0 Å². The second-order valence-corrected chi connectivity index (χ2v) is 10.6. The summed E-state index contributed by atoms with van der Waals surface area (Å²) in [6.07, 6.45) is 5.40. The van der Waals surface area contributed by atoms with Crippen molar-refractivity contribution in [3.05, 3.63) is 65.5 Å². The predicted molar refractivity (Wildman–Crippen MR) is 161 cm³/mol. The molecule has 3 heterocycles. The highest BCUT2D eigenvalue weighted by Gasteiger charge is 2.19. The second kappa shape index (κ2) is 13.0. The molecule has 210 valence electrons. The predicted octanol–water partition coefficient (Wildman–Crippen LogP) is 5.00. The number of aryl methyl sites for hydroxylation is 1. The van der Waals surface area contributed by atoms with Gasteiger partial charge in [-0.3, -0.25) is 9.69 Å². The highest BCUT2D eigenvalue weighted by Crippen LogP contribution is 2.26. The van der Waals surface area contributed by atoms with Crippen molar-refractivity contribution in [2.45, 2.75) is 33.1 Å². The Bertz CT molecular complexity index is 1470. The molecule has 1 fully saturated rings. The first-order valence-corrected chi connectivity index (χ1v) is 14.6. The molecule has 1 aliphatic rings. The van der Waals surface area contributed by atoms with Crippen LogP contribution in [0.3, 0.4) is 0 Å². The van der Waals surface area contributed by atoms with E-state index in [1.54, 1.807) is 0 Å². The highest BCUT2D eigenvalue weighted by atomic mass is 16.3. The first-order chi connectivity index (χ1) is 19.6. The number of aromatic nitrogens is 1. The third-order valence-electron chi connectivity index (χ3n) is 8.14. The van der Waals surface area contributed by atoms with E-state index in [4.69, 9.17) is 4.42 Å². The molecule has 1 aliphatic heterocycles. The number of carbonyl (C=O) groups is 1. The van der Waals surface area contributed by atoms with Gasteiger partial charge in [0.1, 0.15) is 5.58 Å². The third-order valence-corrected chi connectivity index (χ3v) is 8.14. The van der Waals surface area contributed by atoms with E-state index in [-0.39, 0.29) is 5.91 Å². The maximum absolute atomic E-state index is 12.6. The minimum absolute atomic E-state index is 0.157. The number of benzene rings is 2. The van der Waals surface area contributed by atoms with E-state index in [2.05, 4.69) is 63.2 Å². The van der Waals surface area contributed by atoms with Crippen LogP contribution in [-0.4, -0.2) is 79.6 Å². The Labute approximate surface area is 236 Å². The Morgan fingerprint density at radius 1 is 1.07 bits per heavy atom. The first-order valence-electron chi connectivity index (χ1n) is 14.6. The van der Waals surface area contributed by atoms with Gasteiger partial charge in [-0.05, 0) is 86.9 Å². The molecule has 8 nitrogen and oxygen atoms in total. The van der Waals surface area contributed by atoms with Gasteiger partial charge in [0.15, 0.2) is 5.76 Å². The minimum atomic E-state index is -0.157. The SMILES string of the molecule is CCN(CC)CCNC(=O)c1cc2cc(N3CCN(CCCCc4c[nH]c5ccc(C#N)cc45)CC3)ccc2o1. The van der Waals surface area contributed by atoms with Crippen LogP contribution in [-0.2, 0) is 6.42 Å². The van der Waals surface area contributed by atoms with Gasteiger partial charge >= 0.3 is 0 Å². The summed E-state index contributed by atoms with van der Waals surface area (Å²) in [4.78, 5) is 23.2. The number of likely N-dealkylation sites (N-methyl/N-ethyl adjacent to an activating group) is 1. The van der Waals surface area contributed by atoms with Crippen molar-refractivity contribution >= 4 is 33.5 Å². The molecule has 2 N–H and O–H groups in total. The molecule has 0 saturated carbocycles. The summed E-state index contributed by atoms with van der Waals surface area (Å²) < 4.78 is 5.85. The van der Waals surface area contributed by atoms with Crippen molar-refractivity contribution in [1.82, 2.24) is 20.1 Å². The number of hydrogen-bond acceptors (Lipinski definition) is 6. The average Bonchev–Trinajstić information content (AvgIpc) is 3.61. The normalized spacial score (nSPS) is 14.3. The van der Waals surface area contributed by atoms with Gasteiger partial charge in [-0.1, -0.05) is 13.8 Å². The van der Waals surface area contributed by atoms with Crippen LogP contribution >= 0.6 is 0 Å². The number of carbonyl (C=O) groups excluding carboxylic acids is 1. The summed E-state index contributed by atoms with van der Waals surface area (Å²) >= 11 is 0. The number of furan rings is 1. The molecule has 2 aromatic heterocycles. The van der Waals surface area contributed by atoms with Gasteiger partial charge in [-0.25, -0.2) is 0 Å². The fourth-order valence-corrected chi connectivity index (χ4v) is 5.63. The van der Waals surface area contributed by atoms with Gasteiger partial charge < -0.3 is 24.5 Å². The van der Waals surface area contributed by atoms with Crippen LogP contribution in [0.15, 0.2) is 53.1 Å². The number of nitriles is 1. The average molecular weight is 541 g/mol. The Morgan fingerprint density at radius 2 is 1.90 bits per heavy atom. The van der Waals surface area contributed by atoms with E-state index in [1.165, 1.54) is 16.6 Å². The van der Waals surface area contributed by atoms with Crippen molar-refractivity contribution in [2.24, 2.45) is 0 Å². The van der Waals surface area contributed by atoms with Gasteiger partial charge in [-0.15, -0.1) is 0 Å². The molecule has 40 heavy (non-hydrogen) atoms. The zero-order valence-corrected chi connectivity index (χ0v) is 23.7. The van der Waals surface area contributed by atoms with E-state index in [0.29, 0.717) is 17.9 Å². The molecule has 0 spiro atoms. The summed E-state index contributed by atoms with van der Waals surface area (Å²) in [5.41, 5.74) is 5.04. The van der Waals surface area contributed by atoms with Gasteiger partial charge in [0, 0.05) is 67.4 Å². The lowest BCUT2D eigenvalue weighted by molar-refractivity contribution is 0.0923. The van der Waals surface area contributed by atoms with Crippen LogP contribution in [0.5, 0.6) is 0 Å². The Hall–Kier alpha value is -3.80. The number of amides is 1. The van der Waals surface area contributed by atoms with Crippen LogP contribution in [0.4, 0.5) is 5.69 Å². The number of piperazine rings is 1. The number of unbranched alkanes of at least 4 members (excludes halogenated alkanes) is 1. The molecule has 0 unspecified atom stereocenters. The minimum Gasteiger partial charge on any atom is -0.451 e. The molecule has 8 heteroatoms. The monoisotopic (exact) mass is 540 g/mol. The molecular formula is C32H40N6O2. The molecular weight excluding hydrogens is 500 g/mol. The maximum atomic E-state index is 12.6. The van der Waals surface area contributed by atoms with Crippen LogP contribution in [0.25, 0.3) is 21.9 Å². The zero-order valence-electron chi connectivity index (χ0n) is 23.7. The summed E-state index contributed by atoms with van der Waals surface area (Å²) in [6.45, 7) is 12.8.